The van der Waals surface area contributed by atoms with Gasteiger partial charge in [0.05, 0.1) is 4.88 Å². The van der Waals surface area contributed by atoms with E-state index in [2.05, 4.69) is 12.6 Å². The molecule has 0 N–H and O–H groups in total. The molecule has 1 aromatic heterocycles. The van der Waals surface area contributed by atoms with Crippen molar-refractivity contribution in [1.82, 2.24) is 0 Å². The second-order valence-corrected chi connectivity index (χ2v) is 4.47. The summed E-state index contributed by atoms with van der Waals surface area (Å²) < 4.78 is 0. The molecule has 13 heavy (non-hydrogen) atoms. The molecule has 2 heteroatoms. The second kappa shape index (κ2) is 3.46. The van der Waals surface area contributed by atoms with Crippen LogP contribution < -0.4 is 0 Å². The van der Waals surface area contributed by atoms with Crippen LogP contribution in [0.3, 0.4) is 0 Å². The Morgan fingerprint density at radius 1 is 1.62 bits per heavy atom. The van der Waals surface area contributed by atoms with E-state index in [0.717, 1.165) is 11.3 Å². The van der Waals surface area contributed by atoms with Crippen molar-refractivity contribution in [1.29, 1.82) is 0 Å². The lowest BCUT2D eigenvalue weighted by Gasteiger charge is -1.91. The summed E-state index contributed by atoms with van der Waals surface area (Å²) in [6.07, 6.45) is 5.73. The molecule has 1 aromatic rings. The van der Waals surface area contributed by atoms with Crippen LogP contribution in [0, 0.1) is 0 Å². The van der Waals surface area contributed by atoms with E-state index in [0.29, 0.717) is 6.42 Å². The lowest BCUT2D eigenvalue weighted by atomic mass is 10.2. The van der Waals surface area contributed by atoms with Gasteiger partial charge >= 0.3 is 0 Å². The Labute approximate surface area is 82.1 Å². The minimum atomic E-state index is 0.217. The summed E-state index contributed by atoms with van der Waals surface area (Å²) in [6, 6.07) is 2.07. The Morgan fingerprint density at radius 3 is 3.15 bits per heavy atom. The number of Topliss-reactive ketones (excluding diaryl/α,β-unsaturated/α-hetero) is 1. The van der Waals surface area contributed by atoms with Gasteiger partial charge in [-0.05, 0) is 30.9 Å². The van der Waals surface area contributed by atoms with Crippen LogP contribution in [0.2, 0.25) is 0 Å². The molecule has 0 aromatic carbocycles. The molecule has 1 nitrogen and oxygen atoms in total. The molecular formula is C11H12OS. The molecule has 1 heterocycles. The highest BCUT2D eigenvalue weighted by molar-refractivity contribution is 7.14. The van der Waals surface area contributed by atoms with Gasteiger partial charge in [-0.1, -0.05) is 6.08 Å². The first-order valence-corrected chi connectivity index (χ1v) is 5.38. The topological polar surface area (TPSA) is 17.1 Å². The van der Waals surface area contributed by atoms with Crippen molar-refractivity contribution in [3.05, 3.63) is 34.0 Å². The maximum Gasteiger partial charge on any atom is 0.176 e. The number of aryl methyl sites for hydroxylation is 2. The quantitative estimate of drug-likeness (QED) is 0.531. The zero-order valence-electron chi connectivity index (χ0n) is 7.51. The molecule has 0 saturated heterocycles. The van der Waals surface area contributed by atoms with Crippen molar-refractivity contribution in [3.63, 3.8) is 0 Å². The second-order valence-electron chi connectivity index (χ2n) is 3.33. The van der Waals surface area contributed by atoms with Gasteiger partial charge in [0, 0.05) is 11.3 Å². The molecule has 0 saturated carbocycles. The van der Waals surface area contributed by atoms with E-state index in [9.17, 15) is 4.79 Å². The number of hydrogen-bond acceptors (Lipinski definition) is 2. The summed E-state index contributed by atoms with van der Waals surface area (Å²) in [7, 11) is 0. The molecule has 0 radical (unpaired) electrons. The molecule has 68 valence electrons. The number of ketones is 1. The van der Waals surface area contributed by atoms with E-state index in [-0.39, 0.29) is 5.78 Å². The summed E-state index contributed by atoms with van der Waals surface area (Å²) in [4.78, 5) is 13.8. The Balaban J connectivity index is 2.23. The zero-order valence-corrected chi connectivity index (χ0v) is 8.32. The van der Waals surface area contributed by atoms with E-state index in [1.54, 1.807) is 17.4 Å². The van der Waals surface area contributed by atoms with E-state index in [4.69, 9.17) is 0 Å². The predicted molar refractivity (Wildman–Crippen MR) is 55.5 cm³/mol. The van der Waals surface area contributed by atoms with Gasteiger partial charge in [-0.2, -0.15) is 0 Å². The third-order valence-electron chi connectivity index (χ3n) is 2.35. The van der Waals surface area contributed by atoms with E-state index < -0.39 is 0 Å². The van der Waals surface area contributed by atoms with Crippen molar-refractivity contribution in [3.8, 4) is 0 Å². The summed E-state index contributed by atoms with van der Waals surface area (Å²) in [5, 5.41) is 0. The highest BCUT2D eigenvalue weighted by Gasteiger charge is 2.17. The average molecular weight is 192 g/mol. The summed E-state index contributed by atoms with van der Waals surface area (Å²) in [6.45, 7) is 3.57. The Morgan fingerprint density at radius 2 is 2.46 bits per heavy atom. The van der Waals surface area contributed by atoms with Gasteiger partial charge in [0.2, 0.25) is 0 Å². The van der Waals surface area contributed by atoms with Crippen molar-refractivity contribution in [2.75, 3.05) is 0 Å². The van der Waals surface area contributed by atoms with Crippen LogP contribution in [0.5, 0.6) is 0 Å². The summed E-state index contributed by atoms with van der Waals surface area (Å²) in [5.41, 5.74) is 1.40. The van der Waals surface area contributed by atoms with Crippen LogP contribution in [-0.2, 0) is 12.8 Å². The first kappa shape index (κ1) is 8.70. The fourth-order valence-corrected chi connectivity index (χ4v) is 2.90. The first-order valence-electron chi connectivity index (χ1n) is 4.57. The van der Waals surface area contributed by atoms with Gasteiger partial charge < -0.3 is 0 Å². The number of allylic oxidation sites excluding steroid dienone is 1. The number of hydrogen-bond donors (Lipinski definition) is 0. The lowest BCUT2D eigenvalue weighted by molar-refractivity contribution is 0.0999. The third-order valence-corrected chi connectivity index (χ3v) is 3.63. The van der Waals surface area contributed by atoms with Crippen LogP contribution in [0.4, 0.5) is 0 Å². The van der Waals surface area contributed by atoms with Crippen LogP contribution in [0.25, 0.3) is 0 Å². The highest BCUT2D eigenvalue weighted by atomic mass is 32.1. The van der Waals surface area contributed by atoms with Gasteiger partial charge in [-0.15, -0.1) is 17.9 Å². The summed E-state index contributed by atoms with van der Waals surface area (Å²) >= 11 is 1.67. The molecule has 0 bridgehead atoms. The van der Waals surface area contributed by atoms with Gasteiger partial charge in [-0.3, -0.25) is 4.79 Å². The Hall–Kier alpha value is -0.890. The SMILES string of the molecule is C=CCC(=O)c1cc2c(s1)CCC2. The molecule has 0 fully saturated rings. The minimum absolute atomic E-state index is 0.217. The highest BCUT2D eigenvalue weighted by Crippen LogP contribution is 2.31. The van der Waals surface area contributed by atoms with Crippen LogP contribution >= 0.6 is 11.3 Å². The molecule has 2 rings (SSSR count). The summed E-state index contributed by atoms with van der Waals surface area (Å²) in [5.74, 6) is 0.217. The number of thiophene rings is 1. The number of fused-ring (bicyclic) bond motifs is 1. The average Bonchev–Trinajstić information content (AvgIpc) is 2.61. The smallest absolute Gasteiger partial charge is 0.176 e. The van der Waals surface area contributed by atoms with Gasteiger partial charge in [0.15, 0.2) is 5.78 Å². The van der Waals surface area contributed by atoms with Crippen LogP contribution in [-0.4, -0.2) is 5.78 Å². The minimum Gasteiger partial charge on any atom is -0.293 e. The number of carbonyl (C=O) groups excluding carboxylic acids is 1. The molecule has 0 spiro atoms. The molecule has 0 unspecified atom stereocenters. The predicted octanol–water partition coefficient (Wildman–Crippen LogP) is 3.00. The maximum absolute atomic E-state index is 11.5. The van der Waals surface area contributed by atoms with Crippen molar-refractivity contribution in [2.45, 2.75) is 25.7 Å². The van der Waals surface area contributed by atoms with Gasteiger partial charge in [-0.25, -0.2) is 0 Å². The van der Waals surface area contributed by atoms with Gasteiger partial charge in [0.25, 0.3) is 0 Å². The Bertz CT molecular complexity index is 327. The Kier molecular flexibility index (Phi) is 2.32. The maximum atomic E-state index is 11.5. The molecule has 1 aliphatic carbocycles. The van der Waals surface area contributed by atoms with Gasteiger partial charge in [0.1, 0.15) is 0 Å². The fraction of sp³-hybridized carbons (Fsp3) is 0.364. The molecule has 1 aliphatic rings. The third kappa shape index (κ3) is 1.59. The fourth-order valence-electron chi connectivity index (χ4n) is 1.70. The number of rotatable bonds is 3. The number of carbonyl (C=O) groups is 1. The molecule has 0 atom stereocenters. The zero-order chi connectivity index (χ0) is 9.26. The standard InChI is InChI=1S/C11H12OS/c1-2-4-9(12)11-7-8-5-3-6-10(8)13-11/h2,7H,1,3-6H2. The normalized spacial score (nSPS) is 14.2. The van der Waals surface area contributed by atoms with E-state index in [1.165, 1.54) is 23.3 Å². The van der Waals surface area contributed by atoms with Crippen LogP contribution in [0.15, 0.2) is 18.7 Å². The largest absolute Gasteiger partial charge is 0.293 e. The first-order chi connectivity index (χ1) is 6.31. The van der Waals surface area contributed by atoms with E-state index >= 15 is 0 Å². The lowest BCUT2D eigenvalue weighted by Crippen LogP contribution is -1.92. The van der Waals surface area contributed by atoms with Crippen molar-refractivity contribution < 1.29 is 4.79 Å². The van der Waals surface area contributed by atoms with Crippen LogP contribution in [0.1, 0.15) is 33.0 Å². The van der Waals surface area contributed by atoms with Crippen molar-refractivity contribution >= 4 is 17.1 Å². The monoisotopic (exact) mass is 192 g/mol. The molecule has 0 amide bonds. The molecule has 0 aliphatic heterocycles. The van der Waals surface area contributed by atoms with E-state index in [1.807, 2.05) is 0 Å². The molecular weight excluding hydrogens is 180 g/mol. The van der Waals surface area contributed by atoms with Crippen molar-refractivity contribution in [2.24, 2.45) is 0 Å².